The first kappa shape index (κ1) is 17.1. The Morgan fingerprint density at radius 1 is 1.47 bits per heavy atom. The van der Waals surface area contributed by atoms with Crippen molar-refractivity contribution in [1.29, 1.82) is 5.26 Å². The van der Waals surface area contributed by atoms with Crippen molar-refractivity contribution in [2.45, 2.75) is 6.92 Å². The molecule has 0 spiro atoms. The van der Waals surface area contributed by atoms with E-state index < -0.39 is 11.5 Å². The van der Waals surface area contributed by atoms with Crippen molar-refractivity contribution in [3.05, 3.63) is 29.3 Å². The van der Waals surface area contributed by atoms with E-state index in [2.05, 4.69) is 0 Å². The minimum atomic E-state index is -1.51. The van der Waals surface area contributed by atoms with Gasteiger partial charge in [-0.2, -0.15) is 5.26 Å². The average molecular weight is 253 g/mol. The SMILES string of the molecule is CCOc1ccc(/C=C(\C#N)C(=O)[O-])cc1OC.[Li+]. The van der Waals surface area contributed by atoms with Gasteiger partial charge in [-0.25, -0.2) is 0 Å². The summed E-state index contributed by atoms with van der Waals surface area (Å²) < 4.78 is 10.4. The summed E-state index contributed by atoms with van der Waals surface area (Å²) >= 11 is 0. The number of ether oxygens (including phenoxy) is 2. The molecule has 0 aliphatic rings. The molecule has 94 valence electrons. The summed E-state index contributed by atoms with van der Waals surface area (Å²) in [6.45, 7) is 2.34. The van der Waals surface area contributed by atoms with Crippen LogP contribution in [-0.4, -0.2) is 19.7 Å². The normalized spacial score (nSPS) is 10.1. The third-order valence-electron chi connectivity index (χ3n) is 2.14. The fourth-order valence-electron chi connectivity index (χ4n) is 1.35. The second-order valence-electron chi connectivity index (χ2n) is 3.30. The van der Waals surface area contributed by atoms with Crippen LogP contribution in [0.4, 0.5) is 0 Å². The van der Waals surface area contributed by atoms with Crippen LogP contribution in [0.2, 0.25) is 0 Å². The van der Waals surface area contributed by atoms with Crippen molar-refractivity contribution >= 4 is 12.0 Å². The van der Waals surface area contributed by atoms with Gasteiger partial charge in [-0.1, -0.05) is 6.07 Å². The van der Waals surface area contributed by atoms with Crippen molar-refractivity contribution in [2.24, 2.45) is 0 Å². The number of carbonyl (C=O) groups excluding carboxylic acids is 1. The number of benzene rings is 1. The van der Waals surface area contributed by atoms with Crippen molar-refractivity contribution < 1.29 is 38.2 Å². The van der Waals surface area contributed by atoms with E-state index in [1.54, 1.807) is 24.3 Å². The molecule has 0 saturated heterocycles. The Labute approximate surface area is 123 Å². The van der Waals surface area contributed by atoms with Gasteiger partial charge in [0.1, 0.15) is 6.07 Å². The Morgan fingerprint density at radius 2 is 2.16 bits per heavy atom. The first-order chi connectivity index (χ1) is 8.62. The average Bonchev–Trinajstić information content (AvgIpc) is 2.37. The molecule has 1 aromatic carbocycles. The predicted octanol–water partition coefficient (Wildman–Crippen LogP) is -2.25. The van der Waals surface area contributed by atoms with Crippen LogP contribution in [-0.2, 0) is 4.79 Å². The molecule has 0 radical (unpaired) electrons. The van der Waals surface area contributed by atoms with E-state index in [-0.39, 0.29) is 18.9 Å². The van der Waals surface area contributed by atoms with Crippen LogP contribution >= 0.6 is 0 Å². The van der Waals surface area contributed by atoms with E-state index >= 15 is 0 Å². The molecule has 0 aromatic heterocycles. The van der Waals surface area contributed by atoms with E-state index in [9.17, 15) is 9.90 Å². The molecule has 0 heterocycles. The zero-order chi connectivity index (χ0) is 13.5. The van der Waals surface area contributed by atoms with Crippen LogP contribution in [0.25, 0.3) is 6.08 Å². The summed E-state index contributed by atoms with van der Waals surface area (Å²) in [6, 6.07) is 6.43. The standard InChI is InChI=1S/C13H13NO4.Li/c1-3-18-11-5-4-9(7-12(11)17-2)6-10(8-14)13(15)16;/h4-7H,3H2,1-2H3,(H,15,16);/q;+1/p-1/b10-6+;. The minimum absolute atomic E-state index is 0. The Kier molecular flexibility index (Phi) is 7.44. The van der Waals surface area contributed by atoms with Gasteiger partial charge in [0, 0.05) is 0 Å². The molecule has 0 aliphatic carbocycles. The molecule has 0 amide bonds. The molecule has 0 fully saturated rings. The molecule has 6 heteroatoms. The monoisotopic (exact) mass is 253 g/mol. The van der Waals surface area contributed by atoms with E-state index in [0.717, 1.165) is 0 Å². The number of rotatable bonds is 5. The molecule has 0 atom stereocenters. The maximum Gasteiger partial charge on any atom is 1.00 e. The number of aliphatic carboxylic acids is 1. The number of carboxylic acids is 1. The van der Waals surface area contributed by atoms with Gasteiger partial charge in [-0.3, -0.25) is 0 Å². The van der Waals surface area contributed by atoms with E-state index in [1.807, 2.05) is 6.92 Å². The fraction of sp³-hybridized carbons (Fsp3) is 0.231. The first-order valence-electron chi connectivity index (χ1n) is 5.26. The number of nitrogens with zero attached hydrogens (tertiary/aromatic N) is 1. The van der Waals surface area contributed by atoms with Gasteiger partial charge in [0.15, 0.2) is 11.5 Å². The Bertz CT molecular complexity index is 520. The summed E-state index contributed by atoms with van der Waals surface area (Å²) in [4.78, 5) is 10.6. The molecule has 0 bridgehead atoms. The molecule has 19 heavy (non-hydrogen) atoms. The molecule has 0 N–H and O–H groups in total. The first-order valence-corrected chi connectivity index (χ1v) is 5.26. The number of hydrogen-bond acceptors (Lipinski definition) is 5. The van der Waals surface area contributed by atoms with Crippen LogP contribution in [0.5, 0.6) is 11.5 Å². The van der Waals surface area contributed by atoms with Crippen LogP contribution in [0, 0.1) is 11.3 Å². The molecule has 0 unspecified atom stereocenters. The number of carbonyl (C=O) groups is 1. The largest absolute Gasteiger partial charge is 1.00 e. The number of hydrogen-bond donors (Lipinski definition) is 0. The van der Waals surface area contributed by atoms with Crippen LogP contribution in [0.15, 0.2) is 23.8 Å². The van der Waals surface area contributed by atoms with Gasteiger partial charge >= 0.3 is 18.9 Å². The number of carboxylic acid groups (broad SMARTS) is 1. The molecule has 5 nitrogen and oxygen atoms in total. The number of nitriles is 1. The molecule has 1 rings (SSSR count). The van der Waals surface area contributed by atoms with E-state index in [0.29, 0.717) is 23.7 Å². The van der Waals surface area contributed by atoms with E-state index in [4.69, 9.17) is 14.7 Å². The van der Waals surface area contributed by atoms with Gasteiger partial charge in [0.2, 0.25) is 0 Å². The summed E-state index contributed by atoms with van der Waals surface area (Å²) in [5.41, 5.74) is 0.0808. The molecule has 0 aliphatic heterocycles. The Balaban J connectivity index is 0.00000324. The summed E-state index contributed by atoms with van der Waals surface area (Å²) in [6.07, 6.45) is 1.22. The summed E-state index contributed by atoms with van der Waals surface area (Å²) in [5.74, 6) is -0.476. The molecular formula is C13H12LiNO4. The zero-order valence-corrected chi connectivity index (χ0v) is 11.1. The van der Waals surface area contributed by atoms with Crippen LogP contribution < -0.4 is 33.4 Å². The van der Waals surface area contributed by atoms with Crippen LogP contribution in [0.1, 0.15) is 12.5 Å². The zero-order valence-electron chi connectivity index (χ0n) is 11.1. The van der Waals surface area contributed by atoms with Gasteiger partial charge in [0.05, 0.1) is 25.3 Å². The van der Waals surface area contributed by atoms with Crippen LogP contribution in [0.3, 0.4) is 0 Å². The van der Waals surface area contributed by atoms with Crippen molar-refractivity contribution in [3.63, 3.8) is 0 Å². The fourth-order valence-corrected chi connectivity index (χ4v) is 1.35. The number of methoxy groups -OCH3 is 1. The Hall–Kier alpha value is -1.88. The van der Waals surface area contributed by atoms with Crippen molar-refractivity contribution in [2.75, 3.05) is 13.7 Å². The van der Waals surface area contributed by atoms with Gasteiger partial charge in [-0.15, -0.1) is 0 Å². The van der Waals surface area contributed by atoms with Gasteiger partial charge < -0.3 is 19.4 Å². The third kappa shape index (κ3) is 4.71. The topological polar surface area (TPSA) is 82.4 Å². The third-order valence-corrected chi connectivity index (χ3v) is 2.14. The molecular weight excluding hydrogens is 241 g/mol. The maximum atomic E-state index is 10.6. The Morgan fingerprint density at radius 3 is 2.63 bits per heavy atom. The predicted molar refractivity (Wildman–Crippen MR) is 62.8 cm³/mol. The quantitative estimate of drug-likeness (QED) is 0.336. The van der Waals surface area contributed by atoms with Crippen molar-refractivity contribution in [3.8, 4) is 17.6 Å². The second-order valence-corrected chi connectivity index (χ2v) is 3.30. The maximum absolute atomic E-state index is 10.6. The van der Waals surface area contributed by atoms with Crippen molar-refractivity contribution in [1.82, 2.24) is 0 Å². The summed E-state index contributed by atoms with van der Waals surface area (Å²) in [7, 11) is 1.48. The molecule has 0 saturated carbocycles. The smallest absolute Gasteiger partial charge is 0.544 e. The van der Waals surface area contributed by atoms with Gasteiger partial charge in [0.25, 0.3) is 0 Å². The van der Waals surface area contributed by atoms with Gasteiger partial charge in [-0.05, 0) is 30.7 Å². The summed E-state index contributed by atoms with van der Waals surface area (Å²) in [5, 5.41) is 19.2. The second kappa shape index (κ2) is 8.26. The molecule has 1 aromatic rings. The van der Waals surface area contributed by atoms with E-state index in [1.165, 1.54) is 13.2 Å². The minimum Gasteiger partial charge on any atom is -0.544 e.